The van der Waals surface area contributed by atoms with Crippen LogP contribution in [0.5, 0.6) is 0 Å². The van der Waals surface area contributed by atoms with Gasteiger partial charge in [0.1, 0.15) is 5.69 Å². The van der Waals surface area contributed by atoms with Crippen LogP contribution >= 0.6 is 0 Å². The quantitative estimate of drug-likeness (QED) is 0.580. The maximum Gasteiger partial charge on any atom is 0.287 e. The van der Waals surface area contributed by atoms with Crippen molar-refractivity contribution in [1.82, 2.24) is 20.1 Å². The molecular weight excluding hydrogens is 262 g/mol. The van der Waals surface area contributed by atoms with Gasteiger partial charge in [0, 0.05) is 52.4 Å². The topological polar surface area (TPSA) is 94.5 Å². The van der Waals surface area contributed by atoms with Crippen LogP contribution in [0.15, 0.2) is 12.3 Å². The molecule has 1 aliphatic rings. The number of aromatic nitrogens is 1. The maximum atomic E-state index is 12.1. The fourth-order valence-electron chi connectivity index (χ4n) is 2.15. The van der Waals surface area contributed by atoms with Gasteiger partial charge >= 0.3 is 0 Å². The van der Waals surface area contributed by atoms with Crippen LogP contribution in [-0.2, 0) is 0 Å². The molecule has 2 rings (SSSR count). The molecule has 8 heteroatoms. The Hall–Kier alpha value is -1.93. The highest BCUT2D eigenvalue weighted by atomic mass is 16.6. The molecule has 0 aromatic carbocycles. The van der Waals surface area contributed by atoms with Crippen molar-refractivity contribution in [2.24, 2.45) is 0 Å². The summed E-state index contributed by atoms with van der Waals surface area (Å²) in [6, 6.07) is 1.27. The summed E-state index contributed by atoms with van der Waals surface area (Å²) >= 11 is 0. The Kier molecular flexibility index (Phi) is 4.70. The first kappa shape index (κ1) is 14.5. The van der Waals surface area contributed by atoms with Gasteiger partial charge in [-0.05, 0) is 0 Å². The summed E-state index contributed by atoms with van der Waals surface area (Å²) in [4.78, 5) is 28.7. The Morgan fingerprint density at radius 3 is 2.80 bits per heavy atom. The summed E-state index contributed by atoms with van der Waals surface area (Å²) < 4.78 is 0. The van der Waals surface area contributed by atoms with Crippen LogP contribution in [0, 0.1) is 10.1 Å². The first-order valence-electron chi connectivity index (χ1n) is 6.59. The number of nitrogens with zero attached hydrogens (tertiary/aromatic N) is 3. The van der Waals surface area contributed by atoms with Crippen molar-refractivity contribution in [2.45, 2.75) is 0 Å². The third kappa shape index (κ3) is 3.55. The first-order chi connectivity index (χ1) is 9.58. The van der Waals surface area contributed by atoms with E-state index >= 15 is 0 Å². The second kappa shape index (κ2) is 6.49. The minimum Gasteiger partial charge on any atom is -0.351 e. The highest BCUT2D eigenvalue weighted by molar-refractivity contribution is 5.93. The summed E-state index contributed by atoms with van der Waals surface area (Å²) in [6.07, 6.45) is 1.23. The SMILES string of the molecule is CN(CCN1CCNCC1)C(=O)c1cc([N+](=O)[O-])c[nH]1. The van der Waals surface area contributed by atoms with E-state index in [1.165, 1.54) is 12.3 Å². The molecule has 0 bridgehead atoms. The normalized spacial score (nSPS) is 16.1. The average Bonchev–Trinajstić information content (AvgIpc) is 2.95. The van der Waals surface area contributed by atoms with Crippen LogP contribution in [0.25, 0.3) is 0 Å². The number of nitrogens with one attached hydrogen (secondary N) is 2. The van der Waals surface area contributed by atoms with E-state index < -0.39 is 4.92 Å². The van der Waals surface area contributed by atoms with Crippen LogP contribution < -0.4 is 5.32 Å². The Bertz CT molecular complexity index is 481. The molecule has 0 radical (unpaired) electrons. The average molecular weight is 281 g/mol. The zero-order valence-electron chi connectivity index (χ0n) is 11.5. The van der Waals surface area contributed by atoms with Gasteiger partial charge in [0.15, 0.2) is 0 Å². The second-order valence-electron chi connectivity index (χ2n) is 4.85. The van der Waals surface area contributed by atoms with Gasteiger partial charge in [0.25, 0.3) is 11.6 Å². The van der Waals surface area contributed by atoms with Gasteiger partial charge in [0.2, 0.25) is 0 Å². The van der Waals surface area contributed by atoms with Gasteiger partial charge < -0.3 is 15.2 Å². The van der Waals surface area contributed by atoms with Gasteiger partial charge in [0.05, 0.1) is 11.1 Å². The third-order valence-corrected chi connectivity index (χ3v) is 3.42. The van der Waals surface area contributed by atoms with E-state index in [0.717, 1.165) is 32.7 Å². The monoisotopic (exact) mass is 281 g/mol. The lowest BCUT2D eigenvalue weighted by Gasteiger charge is -2.28. The zero-order valence-corrected chi connectivity index (χ0v) is 11.5. The van der Waals surface area contributed by atoms with Crippen LogP contribution in [0.3, 0.4) is 0 Å². The number of hydrogen-bond acceptors (Lipinski definition) is 5. The minimum atomic E-state index is -0.520. The molecule has 1 aromatic heterocycles. The van der Waals surface area contributed by atoms with Crippen molar-refractivity contribution in [3.63, 3.8) is 0 Å². The Morgan fingerprint density at radius 1 is 1.50 bits per heavy atom. The molecule has 110 valence electrons. The molecule has 8 nitrogen and oxygen atoms in total. The molecule has 0 aliphatic carbocycles. The summed E-state index contributed by atoms with van der Waals surface area (Å²) in [5, 5.41) is 13.9. The number of carbonyl (C=O) groups excluding carboxylic acids is 1. The smallest absolute Gasteiger partial charge is 0.287 e. The molecule has 0 atom stereocenters. The van der Waals surface area contributed by atoms with Crippen molar-refractivity contribution < 1.29 is 9.72 Å². The number of amides is 1. The summed E-state index contributed by atoms with van der Waals surface area (Å²) in [5.74, 6) is -0.228. The number of piperazine rings is 1. The fraction of sp³-hybridized carbons (Fsp3) is 0.583. The fourth-order valence-corrected chi connectivity index (χ4v) is 2.15. The highest BCUT2D eigenvalue weighted by Crippen LogP contribution is 2.13. The lowest BCUT2D eigenvalue weighted by Crippen LogP contribution is -2.46. The number of nitro groups is 1. The van der Waals surface area contributed by atoms with Crippen LogP contribution in [-0.4, -0.2) is 71.9 Å². The molecule has 2 heterocycles. The van der Waals surface area contributed by atoms with E-state index in [4.69, 9.17) is 0 Å². The standard InChI is InChI=1S/C12H19N5O3/c1-15(6-7-16-4-2-13-3-5-16)12(18)11-8-10(9-14-11)17(19)20/h8-9,13-14H,2-7H2,1H3. The van der Waals surface area contributed by atoms with Gasteiger partial charge in [-0.3, -0.25) is 19.8 Å². The lowest BCUT2D eigenvalue weighted by atomic mass is 10.3. The predicted molar refractivity (Wildman–Crippen MR) is 73.7 cm³/mol. The van der Waals surface area contributed by atoms with Crippen molar-refractivity contribution in [3.8, 4) is 0 Å². The lowest BCUT2D eigenvalue weighted by molar-refractivity contribution is -0.384. The highest BCUT2D eigenvalue weighted by Gasteiger charge is 2.18. The summed E-state index contributed by atoms with van der Waals surface area (Å²) in [5.41, 5.74) is 0.156. The van der Waals surface area contributed by atoms with E-state index in [-0.39, 0.29) is 17.3 Å². The van der Waals surface area contributed by atoms with Crippen molar-refractivity contribution in [1.29, 1.82) is 0 Å². The van der Waals surface area contributed by atoms with Crippen molar-refractivity contribution in [3.05, 3.63) is 28.1 Å². The molecule has 20 heavy (non-hydrogen) atoms. The van der Waals surface area contributed by atoms with Gasteiger partial charge in [-0.1, -0.05) is 0 Å². The first-order valence-corrected chi connectivity index (χ1v) is 6.59. The van der Waals surface area contributed by atoms with E-state index in [2.05, 4.69) is 15.2 Å². The van der Waals surface area contributed by atoms with E-state index in [1.807, 2.05) is 0 Å². The number of carbonyl (C=O) groups is 1. The van der Waals surface area contributed by atoms with Crippen LogP contribution in [0.4, 0.5) is 5.69 Å². The van der Waals surface area contributed by atoms with Crippen LogP contribution in [0.2, 0.25) is 0 Å². The third-order valence-electron chi connectivity index (χ3n) is 3.42. The number of aromatic amines is 1. The molecule has 1 aromatic rings. The molecule has 1 aliphatic heterocycles. The molecule has 1 fully saturated rings. The predicted octanol–water partition coefficient (Wildman–Crippen LogP) is -0.0999. The molecule has 0 spiro atoms. The van der Waals surface area contributed by atoms with E-state index in [0.29, 0.717) is 6.54 Å². The molecule has 0 unspecified atom stereocenters. The van der Waals surface area contributed by atoms with Gasteiger partial charge in [-0.15, -0.1) is 0 Å². The minimum absolute atomic E-state index is 0.0937. The number of H-pyrrole nitrogens is 1. The summed E-state index contributed by atoms with van der Waals surface area (Å²) in [6.45, 7) is 5.32. The molecule has 2 N–H and O–H groups in total. The van der Waals surface area contributed by atoms with Gasteiger partial charge in [-0.25, -0.2) is 0 Å². The Morgan fingerprint density at radius 2 is 2.20 bits per heavy atom. The Labute approximate surface area is 116 Å². The van der Waals surface area contributed by atoms with Crippen molar-refractivity contribution in [2.75, 3.05) is 46.3 Å². The van der Waals surface area contributed by atoms with Crippen LogP contribution in [0.1, 0.15) is 10.5 Å². The largest absolute Gasteiger partial charge is 0.351 e. The number of hydrogen-bond donors (Lipinski definition) is 2. The van der Waals surface area contributed by atoms with E-state index in [9.17, 15) is 14.9 Å². The maximum absolute atomic E-state index is 12.1. The number of rotatable bonds is 5. The van der Waals surface area contributed by atoms with E-state index in [1.54, 1.807) is 11.9 Å². The molecule has 0 saturated carbocycles. The number of likely N-dealkylation sites (N-methyl/N-ethyl adjacent to an activating group) is 1. The van der Waals surface area contributed by atoms with Gasteiger partial charge in [-0.2, -0.15) is 0 Å². The second-order valence-corrected chi connectivity index (χ2v) is 4.85. The molecular formula is C12H19N5O3. The molecule has 1 amide bonds. The summed E-state index contributed by atoms with van der Waals surface area (Å²) in [7, 11) is 1.71. The zero-order chi connectivity index (χ0) is 14.5. The van der Waals surface area contributed by atoms with Crippen molar-refractivity contribution >= 4 is 11.6 Å². The Balaban J connectivity index is 1.85. The molecule has 1 saturated heterocycles.